The van der Waals surface area contributed by atoms with Gasteiger partial charge in [-0.2, -0.15) is 0 Å². The molecule has 5 nitrogen and oxygen atoms in total. The summed E-state index contributed by atoms with van der Waals surface area (Å²) in [5.74, 6) is 1.88. The minimum absolute atomic E-state index is 0.125. The van der Waals surface area contributed by atoms with E-state index in [9.17, 15) is 4.79 Å². The van der Waals surface area contributed by atoms with Crippen molar-refractivity contribution in [2.24, 2.45) is 7.05 Å². The Bertz CT molecular complexity index is 1200. The number of methoxy groups -OCH3 is 2. The summed E-state index contributed by atoms with van der Waals surface area (Å²) in [4.78, 5) is 13.1. The SMILES string of the molecule is COc1ccc2c(c1)c(/C=C/C(=O)c1ccc(OC)c3c1OC(C)(C)C=C3)cn2C. The van der Waals surface area contributed by atoms with Crippen molar-refractivity contribution in [1.29, 1.82) is 0 Å². The fourth-order valence-electron chi connectivity index (χ4n) is 3.72. The lowest BCUT2D eigenvalue weighted by atomic mass is 9.97. The van der Waals surface area contributed by atoms with E-state index in [1.165, 1.54) is 0 Å². The molecule has 0 radical (unpaired) electrons. The van der Waals surface area contributed by atoms with Crippen LogP contribution in [0.15, 0.2) is 48.7 Å². The van der Waals surface area contributed by atoms with Gasteiger partial charge >= 0.3 is 0 Å². The first-order chi connectivity index (χ1) is 14.3. The highest BCUT2D eigenvalue weighted by Crippen LogP contribution is 2.40. The van der Waals surface area contributed by atoms with E-state index in [4.69, 9.17) is 14.2 Å². The lowest BCUT2D eigenvalue weighted by molar-refractivity contribution is 0.103. The van der Waals surface area contributed by atoms with Gasteiger partial charge in [-0.15, -0.1) is 0 Å². The first-order valence-electron chi connectivity index (χ1n) is 9.77. The van der Waals surface area contributed by atoms with Crippen LogP contribution in [-0.4, -0.2) is 30.2 Å². The molecule has 1 aliphatic rings. The van der Waals surface area contributed by atoms with Crippen LogP contribution in [0, 0.1) is 0 Å². The second-order valence-electron chi connectivity index (χ2n) is 7.87. The van der Waals surface area contributed by atoms with E-state index >= 15 is 0 Å². The second-order valence-corrected chi connectivity index (χ2v) is 7.87. The Balaban J connectivity index is 1.73. The number of allylic oxidation sites excluding steroid dienone is 1. The lowest BCUT2D eigenvalue weighted by Crippen LogP contribution is -2.28. The molecule has 0 spiro atoms. The second kappa shape index (κ2) is 7.41. The Labute approximate surface area is 176 Å². The van der Waals surface area contributed by atoms with Crippen molar-refractivity contribution in [2.75, 3.05) is 14.2 Å². The molecule has 1 aliphatic heterocycles. The van der Waals surface area contributed by atoms with Crippen LogP contribution in [0.5, 0.6) is 17.2 Å². The number of carbonyl (C=O) groups excluding carboxylic acids is 1. The molecule has 5 heteroatoms. The maximum absolute atomic E-state index is 13.1. The van der Waals surface area contributed by atoms with E-state index in [1.54, 1.807) is 32.4 Å². The van der Waals surface area contributed by atoms with Crippen molar-refractivity contribution >= 4 is 28.8 Å². The quantitative estimate of drug-likeness (QED) is 0.430. The van der Waals surface area contributed by atoms with Crippen LogP contribution in [0.2, 0.25) is 0 Å². The Morgan fingerprint density at radius 1 is 1.13 bits per heavy atom. The minimum atomic E-state index is -0.496. The summed E-state index contributed by atoms with van der Waals surface area (Å²) in [7, 11) is 5.24. The van der Waals surface area contributed by atoms with E-state index in [1.807, 2.05) is 68.1 Å². The number of ketones is 1. The molecule has 0 fully saturated rings. The molecule has 1 aromatic heterocycles. The zero-order valence-electron chi connectivity index (χ0n) is 17.9. The van der Waals surface area contributed by atoms with Crippen molar-refractivity contribution in [3.05, 3.63) is 65.4 Å². The molecule has 30 heavy (non-hydrogen) atoms. The van der Waals surface area contributed by atoms with Gasteiger partial charge in [0.25, 0.3) is 0 Å². The molecule has 2 aromatic carbocycles. The standard InChI is InChI=1S/C25H25NO4/c1-25(2)13-12-19-23(29-5)11-8-18(24(19)30-25)22(27)10-6-16-15-26(3)21-9-7-17(28-4)14-20(16)21/h6-15H,1-5H3/b10-6+. The monoisotopic (exact) mass is 403 g/mol. The molecule has 0 amide bonds. The highest BCUT2D eigenvalue weighted by Gasteiger charge is 2.27. The molecule has 0 N–H and O–H groups in total. The largest absolute Gasteiger partial charge is 0.497 e. The summed E-state index contributed by atoms with van der Waals surface area (Å²) in [5.41, 5.74) is 2.82. The number of fused-ring (bicyclic) bond motifs is 2. The van der Waals surface area contributed by atoms with Crippen LogP contribution in [0.3, 0.4) is 0 Å². The van der Waals surface area contributed by atoms with E-state index in [0.717, 1.165) is 27.8 Å². The third kappa shape index (κ3) is 3.47. The normalized spacial score (nSPS) is 14.6. The molecule has 0 saturated heterocycles. The average Bonchev–Trinajstić information content (AvgIpc) is 3.05. The average molecular weight is 403 g/mol. The zero-order valence-corrected chi connectivity index (χ0v) is 17.9. The fraction of sp³-hybridized carbons (Fsp3) is 0.240. The van der Waals surface area contributed by atoms with Gasteiger partial charge in [0.2, 0.25) is 0 Å². The van der Waals surface area contributed by atoms with Crippen LogP contribution in [0.4, 0.5) is 0 Å². The predicted molar refractivity (Wildman–Crippen MR) is 120 cm³/mol. The van der Waals surface area contributed by atoms with Crippen molar-refractivity contribution in [3.8, 4) is 17.2 Å². The van der Waals surface area contributed by atoms with Gasteiger partial charge in [0.15, 0.2) is 5.78 Å². The topological polar surface area (TPSA) is 49.7 Å². The smallest absolute Gasteiger partial charge is 0.189 e. The zero-order chi connectivity index (χ0) is 21.5. The van der Waals surface area contributed by atoms with Gasteiger partial charge in [0, 0.05) is 29.7 Å². The first-order valence-corrected chi connectivity index (χ1v) is 9.77. The number of hydrogen-bond acceptors (Lipinski definition) is 4. The van der Waals surface area contributed by atoms with Gasteiger partial charge in [-0.25, -0.2) is 0 Å². The van der Waals surface area contributed by atoms with Gasteiger partial charge < -0.3 is 18.8 Å². The van der Waals surface area contributed by atoms with Gasteiger partial charge in [-0.3, -0.25) is 4.79 Å². The Hall–Kier alpha value is -3.47. The number of benzene rings is 2. The van der Waals surface area contributed by atoms with Crippen molar-refractivity contribution in [3.63, 3.8) is 0 Å². The summed E-state index contributed by atoms with van der Waals surface area (Å²) >= 11 is 0. The molecule has 0 atom stereocenters. The highest BCUT2D eigenvalue weighted by molar-refractivity contribution is 6.10. The van der Waals surface area contributed by atoms with Crippen LogP contribution >= 0.6 is 0 Å². The van der Waals surface area contributed by atoms with Crippen molar-refractivity contribution in [2.45, 2.75) is 19.4 Å². The molecule has 0 saturated carbocycles. The summed E-state index contributed by atoms with van der Waals surface area (Å²) in [6, 6.07) is 9.47. The van der Waals surface area contributed by atoms with Gasteiger partial charge in [0.1, 0.15) is 22.8 Å². The third-order valence-corrected chi connectivity index (χ3v) is 5.30. The number of carbonyl (C=O) groups is 1. The van der Waals surface area contributed by atoms with Crippen molar-refractivity contribution in [1.82, 2.24) is 4.57 Å². The van der Waals surface area contributed by atoms with E-state index in [0.29, 0.717) is 17.1 Å². The number of hydrogen-bond donors (Lipinski definition) is 0. The van der Waals surface area contributed by atoms with Gasteiger partial charge in [-0.05, 0) is 68.5 Å². The van der Waals surface area contributed by atoms with Crippen LogP contribution < -0.4 is 14.2 Å². The molecule has 0 bridgehead atoms. The molecule has 2 heterocycles. The van der Waals surface area contributed by atoms with E-state index in [-0.39, 0.29) is 5.78 Å². The molecular weight excluding hydrogens is 378 g/mol. The summed E-state index contributed by atoms with van der Waals surface area (Å²) < 4.78 is 19.0. The number of ether oxygens (including phenoxy) is 3. The van der Waals surface area contributed by atoms with E-state index in [2.05, 4.69) is 0 Å². The highest BCUT2D eigenvalue weighted by atomic mass is 16.5. The number of aryl methyl sites for hydroxylation is 1. The summed E-state index contributed by atoms with van der Waals surface area (Å²) in [6.45, 7) is 3.92. The Morgan fingerprint density at radius 2 is 1.93 bits per heavy atom. The lowest BCUT2D eigenvalue weighted by Gasteiger charge is -2.29. The fourth-order valence-corrected chi connectivity index (χ4v) is 3.72. The number of rotatable bonds is 5. The predicted octanol–water partition coefficient (Wildman–Crippen LogP) is 5.28. The summed E-state index contributed by atoms with van der Waals surface area (Å²) in [5, 5.41) is 1.03. The molecule has 0 unspecified atom stereocenters. The Kier molecular flexibility index (Phi) is 4.90. The number of aromatic nitrogens is 1. The third-order valence-electron chi connectivity index (χ3n) is 5.30. The van der Waals surface area contributed by atoms with Crippen LogP contribution in [0.1, 0.15) is 35.3 Å². The molecule has 0 aliphatic carbocycles. The molecule has 3 aromatic rings. The van der Waals surface area contributed by atoms with Gasteiger partial charge in [0.05, 0.1) is 25.3 Å². The molecule has 154 valence electrons. The van der Waals surface area contributed by atoms with Gasteiger partial charge in [-0.1, -0.05) is 0 Å². The van der Waals surface area contributed by atoms with Crippen molar-refractivity contribution < 1.29 is 19.0 Å². The van der Waals surface area contributed by atoms with Crippen LogP contribution in [-0.2, 0) is 7.05 Å². The Morgan fingerprint density at radius 3 is 2.67 bits per heavy atom. The molecule has 4 rings (SSSR count). The number of nitrogens with zero attached hydrogens (tertiary/aromatic N) is 1. The molecular formula is C25H25NO4. The first kappa shape index (κ1) is 19.8. The van der Waals surface area contributed by atoms with E-state index < -0.39 is 5.60 Å². The summed E-state index contributed by atoms with van der Waals surface area (Å²) in [6.07, 6.45) is 9.34. The van der Waals surface area contributed by atoms with Crippen LogP contribution in [0.25, 0.3) is 23.1 Å². The maximum Gasteiger partial charge on any atom is 0.189 e. The maximum atomic E-state index is 13.1. The minimum Gasteiger partial charge on any atom is -0.497 e.